The second-order valence-electron chi connectivity index (χ2n) is 4.32. The van der Waals surface area contributed by atoms with E-state index in [-0.39, 0.29) is 4.90 Å². The number of rotatable bonds is 5. The summed E-state index contributed by atoms with van der Waals surface area (Å²) in [5, 5.41) is 0.380. The van der Waals surface area contributed by atoms with Crippen molar-refractivity contribution in [3.05, 3.63) is 77.8 Å². The van der Waals surface area contributed by atoms with Crippen LogP contribution in [0.15, 0.2) is 77.2 Å². The van der Waals surface area contributed by atoms with Gasteiger partial charge in [-0.25, -0.2) is 8.42 Å². The standard InChI is InChI=1S/C16H14ClNO2S.C2H6/c1-13(17)10-11-14-6-5-9-16(12-14)21(19,20)18-15-7-3-2-4-8-15;1-2/h2-12,18H,1H2;1-2H3/b11-10+;. The number of benzene rings is 2. The van der Waals surface area contributed by atoms with Crippen LogP contribution in [-0.4, -0.2) is 8.42 Å². The first kappa shape index (κ1) is 19.0. The molecule has 1 N–H and O–H groups in total. The molecular weight excluding hydrogens is 330 g/mol. The van der Waals surface area contributed by atoms with Crippen LogP contribution in [0.5, 0.6) is 0 Å². The molecule has 0 heterocycles. The molecule has 122 valence electrons. The summed E-state index contributed by atoms with van der Waals surface area (Å²) in [7, 11) is -3.61. The van der Waals surface area contributed by atoms with Gasteiger partial charge in [-0.05, 0) is 35.9 Å². The molecule has 0 fully saturated rings. The van der Waals surface area contributed by atoms with Crippen LogP contribution in [0.25, 0.3) is 6.08 Å². The number of nitrogens with one attached hydrogen (secondary N) is 1. The highest BCUT2D eigenvalue weighted by molar-refractivity contribution is 7.92. The minimum atomic E-state index is -3.61. The van der Waals surface area contributed by atoms with E-state index in [9.17, 15) is 8.42 Å². The van der Waals surface area contributed by atoms with E-state index in [0.717, 1.165) is 5.56 Å². The van der Waals surface area contributed by atoms with Crippen molar-refractivity contribution in [3.63, 3.8) is 0 Å². The van der Waals surface area contributed by atoms with E-state index in [1.54, 1.807) is 54.6 Å². The first-order valence-corrected chi connectivity index (χ1v) is 9.04. The smallest absolute Gasteiger partial charge is 0.261 e. The Balaban J connectivity index is 0.00000127. The molecule has 23 heavy (non-hydrogen) atoms. The van der Waals surface area contributed by atoms with Gasteiger partial charge in [-0.2, -0.15) is 0 Å². The number of para-hydroxylation sites is 1. The molecule has 0 saturated carbocycles. The van der Waals surface area contributed by atoms with E-state index in [1.807, 2.05) is 19.9 Å². The fraction of sp³-hybridized carbons (Fsp3) is 0.111. The highest BCUT2D eigenvalue weighted by Crippen LogP contribution is 2.18. The monoisotopic (exact) mass is 349 g/mol. The third kappa shape index (κ3) is 6.30. The Morgan fingerprint density at radius 1 is 1.09 bits per heavy atom. The average Bonchev–Trinajstić information content (AvgIpc) is 2.56. The normalized spacial score (nSPS) is 10.7. The molecule has 2 aromatic carbocycles. The maximum absolute atomic E-state index is 12.3. The molecule has 0 unspecified atom stereocenters. The summed E-state index contributed by atoms with van der Waals surface area (Å²) in [6.07, 6.45) is 3.31. The summed E-state index contributed by atoms with van der Waals surface area (Å²) in [4.78, 5) is 0.189. The van der Waals surface area contributed by atoms with Crippen molar-refractivity contribution in [2.24, 2.45) is 0 Å². The number of allylic oxidation sites excluding steroid dienone is 2. The van der Waals surface area contributed by atoms with Crippen LogP contribution < -0.4 is 4.72 Å². The molecule has 0 amide bonds. The SMILES string of the molecule is C=C(Cl)/C=C/c1cccc(S(=O)(=O)Nc2ccccc2)c1.CC. The number of hydrogen-bond acceptors (Lipinski definition) is 2. The minimum Gasteiger partial charge on any atom is -0.280 e. The van der Waals surface area contributed by atoms with Gasteiger partial charge in [0.25, 0.3) is 10.0 Å². The van der Waals surface area contributed by atoms with Gasteiger partial charge in [-0.15, -0.1) is 0 Å². The Morgan fingerprint density at radius 2 is 1.74 bits per heavy atom. The quantitative estimate of drug-likeness (QED) is 0.746. The molecule has 0 spiro atoms. The van der Waals surface area contributed by atoms with Gasteiger partial charge < -0.3 is 0 Å². The van der Waals surface area contributed by atoms with Gasteiger partial charge in [0.05, 0.1) is 4.90 Å². The summed E-state index contributed by atoms with van der Waals surface area (Å²) in [5.74, 6) is 0. The summed E-state index contributed by atoms with van der Waals surface area (Å²) in [6, 6.07) is 15.3. The molecule has 2 rings (SSSR count). The van der Waals surface area contributed by atoms with Crippen molar-refractivity contribution in [2.75, 3.05) is 4.72 Å². The summed E-state index contributed by atoms with van der Waals surface area (Å²) < 4.78 is 27.2. The Hall–Kier alpha value is -2.04. The van der Waals surface area contributed by atoms with Crippen molar-refractivity contribution in [1.82, 2.24) is 0 Å². The van der Waals surface area contributed by atoms with E-state index < -0.39 is 10.0 Å². The van der Waals surface area contributed by atoms with E-state index >= 15 is 0 Å². The largest absolute Gasteiger partial charge is 0.280 e. The molecule has 2 aromatic rings. The molecule has 0 radical (unpaired) electrons. The summed E-state index contributed by atoms with van der Waals surface area (Å²) in [5.41, 5.74) is 1.25. The van der Waals surface area contributed by atoms with Gasteiger partial charge in [0.15, 0.2) is 0 Å². The fourth-order valence-electron chi connectivity index (χ4n) is 1.69. The Morgan fingerprint density at radius 3 is 2.35 bits per heavy atom. The predicted molar refractivity (Wildman–Crippen MR) is 99.1 cm³/mol. The van der Waals surface area contributed by atoms with Crippen molar-refractivity contribution < 1.29 is 8.42 Å². The van der Waals surface area contributed by atoms with Crippen LogP contribution in [0.3, 0.4) is 0 Å². The molecule has 0 atom stereocenters. The minimum absolute atomic E-state index is 0.189. The Bertz CT molecular complexity index is 769. The van der Waals surface area contributed by atoms with E-state index in [0.29, 0.717) is 10.7 Å². The van der Waals surface area contributed by atoms with Gasteiger partial charge in [-0.3, -0.25) is 4.72 Å². The third-order valence-corrected chi connectivity index (χ3v) is 4.16. The van der Waals surface area contributed by atoms with Gasteiger partial charge >= 0.3 is 0 Å². The molecule has 0 aliphatic heterocycles. The molecule has 0 saturated heterocycles. The van der Waals surface area contributed by atoms with E-state index in [4.69, 9.17) is 11.6 Å². The average molecular weight is 350 g/mol. The summed E-state index contributed by atoms with van der Waals surface area (Å²) in [6.45, 7) is 7.55. The number of anilines is 1. The molecular formula is C18H20ClNO2S. The van der Waals surface area contributed by atoms with Crippen LogP contribution >= 0.6 is 11.6 Å². The molecule has 0 bridgehead atoms. The highest BCUT2D eigenvalue weighted by Gasteiger charge is 2.13. The lowest BCUT2D eigenvalue weighted by atomic mass is 10.2. The zero-order valence-electron chi connectivity index (χ0n) is 13.2. The zero-order valence-corrected chi connectivity index (χ0v) is 14.7. The van der Waals surface area contributed by atoms with Crippen LogP contribution in [-0.2, 0) is 10.0 Å². The molecule has 0 aromatic heterocycles. The van der Waals surface area contributed by atoms with Crippen molar-refractivity contribution in [3.8, 4) is 0 Å². The maximum Gasteiger partial charge on any atom is 0.261 e. The predicted octanol–water partition coefficient (Wildman–Crippen LogP) is 5.28. The number of sulfonamides is 1. The third-order valence-electron chi connectivity index (χ3n) is 2.65. The lowest BCUT2D eigenvalue weighted by Gasteiger charge is -2.08. The molecule has 0 aliphatic carbocycles. The van der Waals surface area contributed by atoms with Gasteiger partial charge in [0.1, 0.15) is 0 Å². The van der Waals surface area contributed by atoms with Crippen molar-refractivity contribution in [2.45, 2.75) is 18.7 Å². The Kier molecular flexibility index (Phi) is 7.59. The van der Waals surface area contributed by atoms with Gasteiger partial charge in [0, 0.05) is 10.7 Å². The number of halogens is 1. The second kappa shape index (κ2) is 9.18. The van der Waals surface area contributed by atoms with Crippen molar-refractivity contribution in [1.29, 1.82) is 0 Å². The summed E-state index contributed by atoms with van der Waals surface area (Å²) >= 11 is 5.65. The van der Waals surface area contributed by atoms with Crippen LogP contribution in [0.1, 0.15) is 19.4 Å². The van der Waals surface area contributed by atoms with Gasteiger partial charge in [-0.1, -0.05) is 68.4 Å². The lowest BCUT2D eigenvalue weighted by Crippen LogP contribution is -2.12. The second-order valence-corrected chi connectivity index (χ2v) is 6.49. The first-order valence-electron chi connectivity index (χ1n) is 7.18. The maximum atomic E-state index is 12.3. The Labute approximate surface area is 143 Å². The topological polar surface area (TPSA) is 46.2 Å². The fourth-order valence-corrected chi connectivity index (χ4v) is 2.87. The molecule has 5 heteroatoms. The van der Waals surface area contributed by atoms with Crippen LogP contribution in [0.4, 0.5) is 5.69 Å². The molecule has 3 nitrogen and oxygen atoms in total. The highest BCUT2D eigenvalue weighted by atomic mass is 35.5. The molecule has 0 aliphatic rings. The zero-order chi connectivity index (χ0) is 17.3. The van der Waals surface area contributed by atoms with Crippen LogP contribution in [0.2, 0.25) is 0 Å². The lowest BCUT2D eigenvalue weighted by molar-refractivity contribution is 0.601. The van der Waals surface area contributed by atoms with Crippen molar-refractivity contribution >= 4 is 33.4 Å². The number of hydrogen-bond donors (Lipinski definition) is 1. The first-order chi connectivity index (χ1) is 11.0. The van der Waals surface area contributed by atoms with E-state index in [1.165, 1.54) is 6.07 Å². The van der Waals surface area contributed by atoms with E-state index in [2.05, 4.69) is 11.3 Å². The van der Waals surface area contributed by atoms with Gasteiger partial charge in [0.2, 0.25) is 0 Å². The van der Waals surface area contributed by atoms with Crippen LogP contribution in [0, 0.1) is 0 Å².